The molecule has 1 saturated carbocycles. The number of rotatable bonds is 6. The SMILES string of the molecule is c1ccc(OCC2(CN[C@@H]3CCSC3)CC2)cc1. The first kappa shape index (κ1) is 12.4. The number of nitrogens with one attached hydrogen (secondary N) is 1. The fraction of sp³-hybridized carbons (Fsp3) is 0.600. The van der Waals surface area contributed by atoms with Gasteiger partial charge in [0, 0.05) is 23.8 Å². The molecule has 1 aliphatic heterocycles. The average Bonchev–Trinajstić information content (AvgIpc) is 3.00. The molecule has 1 atom stereocenters. The van der Waals surface area contributed by atoms with Gasteiger partial charge in [-0.2, -0.15) is 11.8 Å². The molecular weight excluding hydrogens is 242 g/mol. The lowest BCUT2D eigenvalue weighted by Crippen LogP contribution is -2.36. The summed E-state index contributed by atoms with van der Waals surface area (Å²) in [6, 6.07) is 10.9. The molecule has 3 heteroatoms. The second-order valence-corrected chi connectivity index (χ2v) is 6.69. The van der Waals surface area contributed by atoms with Crippen LogP contribution in [-0.4, -0.2) is 30.7 Å². The lowest BCUT2D eigenvalue weighted by molar-refractivity contribution is 0.226. The average molecular weight is 263 g/mol. The van der Waals surface area contributed by atoms with E-state index in [4.69, 9.17) is 4.74 Å². The van der Waals surface area contributed by atoms with Gasteiger partial charge in [-0.3, -0.25) is 0 Å². The summed E-state index contributed by atoms with van der Waals surface area (Å²) < 4.78 is 5.90. The molecule has 2 fully saturated rings. The van der Waals surface area contributed by atoms with Crippen molar-refractivity contribution >= 4 is 11.8 Å². The molecule has 1 N–H and O–H groups in total. The van der Waals surface area contributed by atoms with Gasteiger partial charge in [-0.1, -0.05) is 18.2 Å². The third-order valence-electron chi connectivity index (χ3n) is 3.94. The number of ether oxygens (including phenoxy) is 1. The highest BCUT2D eigenvalue weighted by Crippen LogP contribution is 2.45. The first-order valence-electron chi connectivity index (χ1n) is 6.85. The fourth-order valence-electron chi connectivity index (χ4n) is 2.36. The zero-order valence-corrected chi connectivity index (χ0v) is 11.5. The van der Waals surface area contributed by atoms with E-state index in [1.54, 1.807) is 0 Å². The van der Waals surface area contributed by atoms with Gasteiger partial charge in [0.05, 0.1) is 6.61 Å². The smallest absolute Gasteiger partial charge is 0.119 e. The Labute approximate surface area is 113 Å². The van der Waals surface area contributed by atoms with Crippen LogP contribution in [0.4, 0.5) is 0 Å². The van der Waals surface area contributed by atoms with Gasteiger partial charge in [-0.05, 0) is 37.1 Å². The van der Waals surface area contributed by atoms with Gasteiger partial charge in [-0.15, -0.1) is 0 Å². The molecule has 1 aromatic rings. The van der Waals surface area contributed by atoms with Crippen molar-refractivity contribution in [1.29, 1.82) is 0 Å². The molecule has 0 radical (unpaired) electrons. The number of benzene rings is 1. The van der Waals surface area contributed by atoms with Gasteiger partial charge >= 0.3 is 0 Å². The second kappa shape index (κ2) is 5.54. The zero-order valence-electron chi connectivity index (χ0n) is 10.7. The second-order valence-electron chi connectivity index (χ2n) is 5.54. The normalized spacial score (nSPS) is 25.0. The predicted octanol–water partition coefficient (Wildman–Crippen LogP) is 2.94. The Morgan fingerprint density at radius 3 is 2.78 bits per heavy atom. The Bertz CT molecular complexity index is 371. The lowest BCUT2D eigenvalue weighted by atomic mass is 10.1. The molecule has 0 bridgehead atoms. The number of hydrogen-bond donors (Lipinski definition) is 1. The largest absolute Gasteiger partial charge is 0.493 e. The molecule has 1 saturated heterocycles. The summed E-state index contributed by atoms with van der Waals surface area (Å²) in [4.78, 5) is 0. The summed E-state index contributed by atoms with van der Waals surface area (Å²) in [5, 5.41) is 3.72. The minimum absolute atomic E-state index is 0.420. The Hall–Kier alpha value is -0.670. The monoisotopic (exact) mass is 263 g/mol. The van der Waals surface area contributed by atoms with Crippen LogP contribution in [-0.2, 0) is 0 Å². The number of thioether (sulfide) groups is 1. The number of para-hydroxylation sites is 1. The summed E-state index contributed by atoms with van der Waals surface area (Å²) in [5.41, 5.74) is 0.420. The van der Waals surface area contributed by atoms with Crippen LogP contribution >= 0.6 is 11.8 Å². The van der Waals surface area contributed by atoms with E-state index in [-0.39, 0.29) is 0 Å². The van der Waals surface area contributed by atoms with Crippen molar-refractivity contribution in [3.05, 3.63) is 30.3 Å². The molecule has 1 aliphatic carbocycles. The molecule has 2 aliphatic rings. The maximum atomic E-state index is 5.90. The highest BCUT2D eigenvalue weighted by molar-refractivity contribution is 7.99. The van der Waals surface area contributed by atoms with Crippen LogP contribution in [0.2, 0.25) is 0 Å². The minimum Gasteiger partial charge on any atom is -0.493 e. The highest BCUT2D eigenvalue weighted by Gasteiger charge is 2.43. The molecule has 18 heavy (non-hydrogen) atoms. The van der Waals surface area contributed by atoms with Crippen molar-refractivity contribution in [1.82, 2.24) is 5.32 Å². The quantitative estimate of drug-likeness (QED) is 0.852. The topological polar surface area (TPSA) is 21.3 Å². The van der Waals surface area contributed by atoms with Gasteiger partial charge in [0.2, 0.25) is 0 Å². The molecule has 0 unspecified atom stereocenters. The zero-order chi connectivity index (χ0) is 12.3. The minimum atomic E-state index is 0.420. The number of hydrogen-bond acceptors (Lipinski definition) is 3. The summed E-state index contributed by atoms with van der Waals surface area (Å²) in [5.74, 6) is 3.61. The van der Waals surface area contributed by atoms with Crippen molar-refractivity contribution in [3.8, 4) is 5.75 Å². The summed E-state index contributed by atoms with van der Waals surface area (Å²) in [7, 11) is 0. The van der Waals surface area contributed by atoms with E-state index in [9.17, 15) is 0 Å². The molecular formula is C15H21NOS. The van der Waals surface area contributed by atoms with Crippen LogP contribution in [0.25, 0.3) is 0 Å². The van der Waals surface area contributed by atoms with Gasteiger partial charge in [0.25, 0.3) is 0 Å². The van der Waals surface area contributed by atoms with Gasteiger partial charge in [0.15, 0.2) is 0 Å². The lowest BCUT2D eigenvalue weighted by Gasteiger charge is -2.19. The van der Waals surface area contributed by atoms with E-state index in [0.717, 1.165) is 24.9 Å². The van der Waals surface area contributed by atoms with Crippen molar-refractivity contribution in [3.63, 3.8) is 0 Å². The first-order chi connectivity index (χ1) is 8.86. The van der Waals surface area contributed by atoms with Crippen molar-refractivity contribution in [2.24, 2.45) is 5.41 Å². The third kappa shape index (κ3) is 3.21. The van der Waals surface area contributed by atoms with E-state index in [2.05, 4.69) is 17.1 Å². The first-order valence-corrected chi connectivity index (χ1v) is 8.01. The predicted molar refractivity (Wildman–Crippen MR) is 77.3 cm³/mol. The maximum absolute atomic E-state index is 5.90. The van der Waals surface area contributed by atoms with E-state index >= 15 is 0 Å². The van der Waals surface area contributed by atoms with Crippen LogP contribution in [0, 0.1) is 5.41 Å². The van der Waals surface area contributed by atoms with Crippen LogP contribution < -0.4 is 10.1 Å². The molecule has 2 nitrogen and oxygen atoms in total. The van der Waals surface area contributed by atoms with Crippen molar-refractivity contribution < 1.29 is 4.74 Å². The summed E-state index contributed by atoms with van der Waals surface area (Å²) in [6.45, 7) is 1.99. The Morgan fingerprint density at radius 2 is 2.11 bits per heavy atom. The summed E-state index contributed by atoms with van der Waals surface area (Å²) in [6.07, 6.45) is 3.96. The fourth-order valence-corrected chi connectivity index (χ4v) is 3.55. The molecule has 0 amide bonds. The van der Waals surface area contributed by atoms with Crippen molar-refractivity contribution in [2.75, 3.05) is 24.7 Å². The van der Waals surface area contributed by atoms with Crippen LogP contribution in [0.1, 0.15) is 19.3 Å². The van der Waals surface area contributed by atoms with Gasteiger partial charge in [0.1, 0.15) is 5.75 Å². The van der Waals surface area contributed by atoms with E-state index in [1.807, 2.05) is 30.3 Å². The van der Waals surface area contributed by atoms with E-state index in [0.29, 0.717) is 5.41 Å². The molecule has 0 spiro atoms. The molecule has 3 rings (SSSR count). The van der Waals surface area contributed by atoms with E-state index in [1.165, 1.54) is 30.8 Å². The Kier molecular flexibility index (Phi) is 3.80. The van der Waals surface area contributed by atoms with Gasteiger partial charge < -0.3 is 10.1 Å². The maximum Gasteiger partial charge on any atom is 0.119 e. The molecule has 0 aromatic heterocycles. The summed E-state index contributed by atoms with van der Waals surface area (Å²) >= 11 is 2.07. The highest BCUT2D eigenvalue weighted by atomic mass is 32.2. The molecule has 98 valence electrons. The standard InChI is InChI=1S/C15H21NOS/c1-2-4-14(5-3-1)17-12-15(7-8-15)11-16-13-6-9-18-10-13/h1-5,13,16H,6-12H2/t13-/m1/s1. The van der Waals surface area contributed by atoms with Crippen LogP contribution in [0.3, 0.4) is 0 Å². The molecule has 1 aromatic carbocycles. The Balaban J connectivity index is 1.44. The van der Waals surface area contributed by atoms with Crippen LogP contribution in [0.15, 0.2) is 30.3 Å². The van der Waals surface area contributed by atoms with Gasteiger partial charge in [-0.25, -0.2) is 0 Å². The Morgan fingerprint density at radius 1 is 1.28 bits per heavy atom. The molecule has 1 heterocycles. The third-order valence-corrected chi connectivity index (χ3v) is 5.10. The van der Waals surface area contributed by atoms with Crippen LogP contribution in [0.5, 0.6) is 5.75 Å². The van der Waals surface area contributed by atoms with E-state index < -0.39 is 0 Å². The van der Waals surface area contributed by atoms with Crippen molar-refractivity contribution in [2.45, 2.75) is 25.3 Å².